The standard InChI is InChI=1S/C41H33N3/c1-41(2)35-17-9-6-14-30(35)33-25-39-34(24-36(33)41)31-15-8-11-19-38(31)44(39)26-43-40(32-16-7-10-18-37(32)42)29-22-20-28(21-23-29)27-12-4-3-5-13-27/h3-25H,26,42H2,1-2H3/b43-40-. The normalized spacial score (nSPS) is 13.7. The molecule has 0 radical (unpaired) electrons. The van der Waals surface area contributed by atoms with Gasteiger partial charge in [-0.15, -0.1) is 0 Å². The molecule has 212 valence electrons. The summed E-state index contributed by atoms with van der Waals surface area (Å²) in [6.07, 6.45) is 0. The molecule has 6 aromatic carbocycles. The van der Waals surface area contributed by atoms with Crippen LogP contribution in [0.5, 0.6) is 0 Å². The summed E-state index contributed by atoms with van der Waals surface area (Å²) in [4.78, 5) is 5.34. The van der Waals surface area contributed by atoms with Crippen molar-refractivity contribution < 1.29 is 0 Å². The number of aliphatic imine (C=N–C) groups is 1. The molecule has 1 aliphatic carbocycles. The highest BCUT2D eigenvalue weighted by molar-refractivity contribution is 6.16. The zero-order valence-electron chi connectivity index (χ0n) is 25.0. The SMILES string of the molecule is CC1(C)c2ccccc2-c2cc3c(cc21)c1ccccc1n3C/N=C(/c1ccc(-c2ccccc2)cc1)c1ccccc1N. The molecule has 0 spiro atoms. The molecule has 8 rings (SSSR count). The molecule has 7 aromatic rings. The predicted molar refractivity (Wildman–Crippen MR) is 185 cm³/mol. The minimum absolute atomic E-state index is 0.0502. The quantitative estimate of drug-likeness (QED) is 0.163. The van der Waals surface area contributed by atoms with E-state index in [1.807, 2.05) is 24.3 Å². The number of para-hydroxylation sites is 2. The summed E-state index contributed by atoms with van der Waals surface area (Å²) in [7, 11) is 0. The van der Waals surface area contributed by atoms with Crippen molar-refractivity contribution in [2.24, 2.45) is 4.99 Å². The third-order valence-corrected chi connectivity index (χ3v) is 9.33. The first-order valence-corrected chi connectivity index (χ1v) is 15.2. The van der Waals surface area contributed by atoms with Gasteiger partial charge in [-0.25, -0.2) is 0 Å². The number of nitrogens with zero attached hydrogens (tertiary/aromatic N) is 2. The summed E-state index contributed by atoms with van der Waals surface area (Å²) in [5.41, 5.74) is 20.3. The number of hydrogen-bond donors (Lipinski definition) is 1. The van der Waals surface area contributed by atoms with Gasteiger partial charge in [0.15, 0.2) is 0 Å². The summed E-state index contributed by atoms with van der Waals surface area (Å²) in [5.74, 6) is 0. The van der Waals surface area contributed by atoms with Crippen molar-refractivity contribution in [3.05, 3.63) is 162 Å². The number of aromatic nitrogens is 1. The van der Waals surface area contributed by atoms with Gasteiger partial charge in [-0.1, -0.05) is 129 Å². The molecule has 44 heavy (non-hydrogen) atoms. The molecule has 1 aliphatic rings. The van der Waals surface area contributed by atoms with E-state index in [9.17, 15) is 0 Å². The van der Waals surface area contributed by atoms with Gasteiger partial charge in [0.05, 0.1) is 16.7 Å². The van der Waals surface area contributed by atoms with E-state index in [2.05, 4.69) is 134 Å². The van der Waals surface area contributed by atoms with Crippen molar-refractivity contribution in [2.75, 3.05) is 5.73 Å². The zero-order valence-corrected chi connectivity index (χ0v) is 25.0. The van der Waals surface area contributed by atoms with E-state index in [4.69, 9.17) is 10.7 Å². The van der Waals surface area contributed by atoms with Gasteiger partial charge in [0, 0.05) is 33.0 Å². The lowest BCUT2D eigenvalue weighted by Gasteiger charge is -2.21. The Morgan fingerprint density at radius 2 is 1.30 bits per heavy atom. The van der Waals surface area contributed by atoms with Gasteiger partial charge in [0.25, 0.3) is 0 Å². The Morgan fingerprint density at radius 1 is 0.614 bits per heavy atom. The van der Waals surface area contributed by atoms with Gasteiger partial charge in [-0.05, 0) is 57.6 Å². The Bertz CT molecular complexity index is 2220. The zero-order chi connectivity index (χ0) is 29.8. The highest BCUT2D eigenvalue weighted by atomic mass is 15.1. The van der Waals surface area contributed by atoms with Crippen LogP contribution in [0, 0.1) is 0 Å². The molecule has 0 fully saturated rings. The van der Waals surface area contributed by atoms with E-state index in [1.165, 1.54) is 55.2 Å². The van der Waals surface area contributed by atoms with Gasteiger partial charge in [0.2, 0.25) is 0 Å². The Kier molecular flexibility index (Phi) is 6.02. The minimum atomic E-state index is -0.0502. The number of benzene rings is 6. The lowest BCUT2D eigenvalue weighted by atomic mass is 9.82. The first-order valence-electron chi connectivity index (χ1n) is 15.2. The van der Waals surface area contributed by atoms with E-state index in [0.29, 0.717) is 6.67 Å². The molecule has 3 nitrogen and oxygen atoms in total. The van der Waals surface area contributed by atoms with Gasteiger partial charge in [-0.2, -0.15) is 0 Å². The van der Waals surface area contributed by atoms with E-state index >= 15 is 0 Å². The number of hydrogen-bond acceptors (Lipinski definition) is 2. The summed E-state index contributed by atoms with van der Waals surface area (Å²) in [6, 6.07) is 49.5. The number of nitrogens with two attached hydrogens (primary N) is 1. The van der Waals surface area contributed by atoms with E-state index < -0.39 is 0 Å². The van der Waals surface area contributed by atoms with Crippen LogP contribution < -0.4 is 5.73 Å². The minimum Gasteiger partial charge on any atom is -0.398 e. The van der Waals surface area contributed by atoms with Gasteiger partial charge < -0.3 is 10.3 Å². The largest absolute Gasteiger partial charge is 0.398 e. The maximum atomic E-state index is 6.55. The highest BCUT2D eigenvalue weighted by Gasteiger charge is 2.36. The van der Waals surface area contributed by atoms with Crippen LogP contribution in [0.3, 0.4) is 0 Å². The van der Waals surface area contributed by atoms with Crippen LogP contribution in [0.15, 0.2) is 145 Å². The number of fused-ring (bicyclic) bond motifs is 6. The molecule has 0 bridgehead atoms. The molecule has 0 saturated carbocycles. The average Bonchev–Trinajstić information content (AvgIpc) is 3.49. The molecule has 0 unspecified atom stereocenters. The first kappa shape index (κ1) is 26.2. The fraction of sp³-hybridized carbons (Fsp3) is 0.0976. The highest BCUT2D eigenvalue weighted by Crippen LogP contribution is 2.50. The van der Waals surface area contributed by atoms with Gasteiger partial charge in [0.1, 0.15) is 6.67 Å². The molecule has 1 heterocycles. The second kappa shape index (κ2) is 10.1. The summed E-state index contributed by atoms with van der Waals surface area (Å²) in [6.45, 7) is 5.15. The van der Waals surface area contributed by atoms with Gasteiger partial charge >= 0.3 is 0 Å². The number of nitrogen functional groups attached to an aromatic ring is 1. The van der Waals surface area contributed by atoms with Crippen molar-refractivity contribution in [1.82, 2.24) is 4.57 Å². The molecule has 0 atom stereocenters. The predicted octanol–water partition coefficient (Wildman–Crippen LogP) is 9.85. The van der Waals surface area contributed by atoms with Crippen molar-refractivity contribution in [3.8, 4) is 22.3 Å². The van der Waals surface area contributed by atoms with Crippen LogP contribution in [0.2, 0.25) is 0 Å². The van der Waals surface area contributed by atoms with Crippen LogP contribution in [-0.4, -0.2) is 10.3 Å². The topological polar surface area (TPSA) is 43.3 Å². The fourth-order valence-electron chi connectivity index (χ4n) is 7.03. The van der Waals surface area contributed by atoms with Crippen LogP contribution >= 0.6 is 0 Å². The van der Waals surface area contributed by atoms with E-state index in [0.717, 1.165) is 22.5 Å². The Labute approximate surface area is 257 Å². The van der Waals surface area contributed by atoms with E-state index in [-0.39, 0.29) is 5.41 Å². The Balaban J connectivity index is 1.30. The molecular weight excluding hydrogens is 534 g/mol. The van der Waals surface area contributed by atoms with Gasteiger partial charge in [-0.3, -0.25) is 4.99 Å². The number of rotatable bonds is 5. The third kappa shape index (κ3) is 4.08. The van der Waals surface area contributed by atoms with Crippen LogP contribution in [-0.2, 0) is 12.1 Å². The molecule has 3 heteroatoms. The molecular formula is C41H33N3. The summed E-state index contributed by atoms with van der Waals surface area (Å²) >= 11 is 0. The third-order valence-electron chi connectivity index (χ3n) is 9.33. The van der Waals surface area contributed by atoms with E-state index in [1.54, 1.807) is 0 Å². The van der Waals surface area contributed by atoms with Crippen molar-refractivity contribution in [3.63, 3.8) is 0 Å². The first-order chi connectivity index (χ1) is 21.5. The maximum absolute atomic E-state index is 6.55. The van der Waals surface area contributed by atoms with Crippen LogP contribution in [0.4, 0.5) is 5.69 Å². The average molecular weight is 568 g/mol. The second-order valence-corrected chi connectivity index (χ2v) is 12.2. The Hall–Kier alpha value is -5.41. The molecule has 0 aliphatic heterocycles. The van der Waals surface area contributed by atoms with Crippen LogP contribution in [0.25, 0.3) is 44.1 Å². The van der Waals surface area contributed by atoms with Crippen molar-refractivity contribution >= 4 is 33.2 Å². The smallest absolute Gasteiger partial charge is 0.115 e. The lowest BCUT2D eigenvalue weighted by Crippen LogP contribution is -2.14. The monoisotopic (exact) mass is 567 g/mol. The molecule has 1 aromatic heterocycles. The summed E-state index contributed by atoms with van der Waals surface area (Å²) < 4.78 is 2.36. The number of anilines is 1. The van der Waals surface area contributed by atoms with Crippen molar-refractivity contribution in [1.29, 1.82) is 0 Å². The summed E-state index contributed by atoms with van der Waals surface area (Å²) in [5, 5.41) is 2.52. The lowest BCUT2D eigenvalue weighted by molar-refractivity contribution is 0.661. The fourth-order valence-corrected chi connectivity index (χ4v) is 7.03. The van der Waals surface area contributed by atoms with Crippen molar-refractivity contribution in [2.45, 2.75) is 25.9 Å². The molecule has 0 saturated heterocycles. The second-order valence-electron chi connectivity index (χ2n) is 12.2. The molecule has 0 amide bonds. The maximum Gasteiger partial charge on any atom is 0.115 e. The van der Waals surface area contributed by atoms with Crippen LogP contribution in [0.1, 0.15) is 36.1 Å². The molecule has 2 N–H and O–H groups in total. The Morgan fingerprint density at radius 3 is 2.11 bits per heavy atom.